The van der Waals surface area contributed by atoms with Gasteiger partial charge in [0.1, 0.15) is 11.0 Å². The summed E-state index contributed by atoms with van der Waals surface area (Å²) >= 11 is 1.04. The Bertz CT molecular complexity index is 858. The Kier molecular flexibility index (Phi) is 5.96. The molecule has 0 radical (unpaired) electrons. The number of alkyl halides is 3. The lowest BCUT2D eigenvalue weighted by Crippen LogP contribution is -2.43. The average molecular weight is 415 g/mol. The highest BCUT2D eigenvalue weighted by atomic mass is 32.1. The quantitative estimate of drug-likeness (QED) is 0.784. The lowest BCUT2D eigenvalue weighted by molar-refractivity contribution is -0.137. The Morgan fingerprint density at radius 2 is 2.04 bits per heavy atom. The van der Waals surface area contributed by atoms with Crippen molar-refractivity contribution in [3.8, 4) is 0 Å². The highest BCUT2D eigenvalue weighted by Gasteiger charge is 2.33. The first-order valence-electron chi connectivity index (χ1n) is 8.11. The zero-order valence-electron chi connectivity index (χ0n) is 14.6. The fourth-order valence-corrected chi connectivity index (χ4v) is 3.18. The number of methoxy groups -OCH3 is 1. The molecule has 0 spiro atoms. The van der Waals surface area contributed by atoms with Crippen molar-refractivity contribution in [2.24, 2.45) is 0 Å². The summed E-state index contributed by atoms with van der Waals surface area (Å²) in [5, 5.41) is 4.97. The summed E-state index contributed by atoms with van der Waals surface area (Å²) in [6.07, 6.45) is -3.78. The SMILES string of the molecule is CO[C@@H]1COC[C@@H]1NC(=O)c1cc(NC(=O)c2cncs2)cc(C(F)(F)F)c1. The van der Waals surface area contributed by atoms with Gasteiger partial charge < -0.3 is 20.1 Å². The van der Waals surface area contributed by atoms with Gasteiger partial charge in [-0.2, -0.15) is 13.2 Å². The molecule has 1 saturated heterocycles. The van der Waals surface area contributed by atoms with Crippen LogP contribution in [-0.2, 0) is 15.7 Å². The summed E-state index contributed by atoms with van der Waals surface area (Å²) in [7, 11) is 1.45. The number of hydrogen-bond acceptors (Lipinski definition) is 6. The zero-order chi connectivity index (χ0) is 20.3. The number of carbonyl (C=O) groups is 2. The van der Waals surface area contributed by atoms with Crippen molar-refractivity contribution in [1.82, 2.24) is 10.3 Å². The molecule has 11 heteroatoms. The number of benzene rings is 1. The van der Waals surface area contributed by atoms with Gasteiger partial charge in [-0.25, -0.2) is 0 Å². The first-order valence-corrected chi connectivity index (χ1v) is 8.99. The number of amides is 2. The smallest absolute Gasteiger partial charge is 0.377 e. The van der Waals surface area contributed by atoms with E-state index in [1.165, 1.54) is 24.9 Å². The number of carbonyl (C=O) groups excluding carboxylic acids is 2. The van der Waals surface area contributed by atoms with Crippen molar-refractivity contribution in [2.75, 3.05) is 25.6 Å². The molecule has 150 valence electrons. The summed E-state index contributed by atoms with van der Waals surface area (Å²) in [6, 6.07) is 2.20. The number of nitrogens with zero attached hydrogens (tertiary/aromatic N) is 1. The zero-order valence-corrected chi connectivity index (χ0v) is 15.4. The molecule has 0 aliphatic carbocycles. The van der Waals surface area contributed by atoms with E-state index in [9.17, 15) is 22.8 Å². The Balaban J connectivity index is 1.85. The van der Waals surface area contributed by atoms with Crippen LogP contribution in [0.15, 0.2) is 29.9 Å². The van der Waals surface area contributed by atoms with Crippen LogP contribution in [0.25, 0.3) is 0 Å². The van der Waals surface area contributed by atoms with Gasteiger partial charge in [-0.1, -0.05) is 0 Å². The van der Waals surface area contributed by atoms with Crippen LogP contribution >= 0.6 is 11.3 Å². The van der Waals surface area contributed by atoms with Crippen molar-refractivity contribution < 1.29 is 32.2 Å². The van der Waals surface area contributed by atoms with E-state index in [2.05, 4.69) is 15.6 Å². The van der Waals surface area contributed by atoms with E-state index in [1.54, 1.807) is 0 Å². The molecule has 7 nitrogen and oxygen atoms in total. The maximum absolute atomic E-state index is 13.3. The average Bonchev–Trinajstić information content (AvgIpc) is 3.32. The molecular weight excluding hydrogens is 399 g/mol. The number of ether oxygens (including phenoxy) is 2. The van der Waals surface area contributed by atoms with E-state index in [0.717, 1.165) is 23.5 Å². The van der Waals surface area contributed by atoms with Crippen LogP contribution in [0.2, 0.25) is 0 Å². The van der Waals surface area contributed by atoms with Crippen LogP contribution in [0, 0.1) is 0 Å². The standard InChI is InChI=1S/C17H16F3N3O4S/c1-26-13-7-27-6-12(13)23-15(24)9-2-10(17(18,19)20)4-11(3-9)22-16(25)14-5-21-8-28-14/h2-5,8,12-13H,6-7H2,1H3,(H,22,25)(H,23,24)/t12-,13+/m0/s1. The van der Waals surface area contributed by atoms with Crippen LogP contribution in [0.1, 0.15) is 25.6 Å². The summed E-state index contributed by atoms with van der Waals surface area (Å²) in [6.45, 7) is 0.471. The predicted molar refractivity (Wildman–Crippen MR) is 94.4 cm³/mol. The summed E-state index contributed by atoms with van der Waals surface area (Å²) < 4.78 is 50.1. The number of anilines is 1. The minimum absolute atomic E-state index is 0.149. The maximum atomic E-state index is 13.3. The van der Waals surface area contributed by atoms with Crippen molar-refractivity contribution in [2.45, 2.75) is 18.3 Å². The molecule has 0 bridgehead atoms. The fourth-order valence-electron chi connectivity index (χ4n) is 2.67. The third kappa shape index (κ3) is 4.66. The molecule has 2 heterocycles. The van der Waals surface area contributed by atoms with Gasteiger partial charge in [0, 0.05) is 18.4 Å². The van der Waals surface area contributed by atoms with E-state index in [0.29, 0.717) is 0 Å². The third-order valence-electron chi connectivity index (χ3n) is 4.08. The molecule has 2 N–H and O–H groups in total. The number of hydrogen-bond donors (Lipinski definition) is 2. The molecule has 3 rings (SSSR count). The Morgan fingerprint density at radius 1 is 1.25 bits per heavy atom. The van der Waals surface area contributed by atoms with Crippen molar-refractivity contribution in [3.63, 3.8) is 0 Å². The van der Waals surface area contributed by atoms with E-state index in [4.69, 9.17) is 9.47 Å². The largest absolute Gasteiger partial charge is 0.416 e. The summed E-state index contributed by atoms with van der Waals surface area (Å²) in [4.78, 5) is 28.6. The summed E-state index contributed by atoms with van der Waals surface area (Å²) in [5.74, 6) is -1.34. The van der Waals surface area contributed by atoms with Crippen LogP contribution in [0.4, 0.5) is 18.9 Å². The molecule has 28 heavy (non-hydrogen) atoms. The molecule has 2 atom stereocenters. The number of rotatable bonds is 5. The molecule has 2 amide bonds. The molecule has 0 unspecified atom stereocenters. The molecule has 1 aliphatic heterocycles. The lowest BCUT2D eigenvalue weighted by atomic mass is 10.1. The van der Waals surface area contributed by atoms with Gasteiger partial charge in [0.2, 0.25) is 0 Å². The molecule has 2 aromatic rings. The van der Waals surface area contributed by atoms with Crippen molar-refractivity contribution in [3.05, 3.63) is 45.9 Å². The van der Waals surface area contributed by atoms with E-state index in [-0.39, 0.29) is 35.4 Å². The number of halogens is 3. The maximum Gasteiger partial charge on any atom is 0.416 e. The van der Waals surface area contributed by atoms with Crippen LogP contribution in [0.5, 0.6) is 0 Å². The van der Waals surface area contributed by atoms with Crippen LogP contribution in [0.3, 0.4) is 0 Å². The van der Waals surface area contributed by atoms with Crippen LogP contribution in [-0.4, -0.2) is 49.3 Å². The lowest BCUT2D eigenvalue weighted by Gasteiger charge is -2.18. The predicted octanol–water partition coefficient (Wildman–Crippen LogP) is 2.56. The second-order valence-corrected chi connectivity index (χ2v) is 6.89. The Hall–Kier alpha value is -2.50. The van der Waals surface area contributed by atoms with Gasteiger partial charge in [0.25, 0.3) is 11.8 Å². The van der Waals surface area contributed by atoms with E-state index < -0.39 is 29.6 Å². The Labute approximate surface area is 161 Å². The van der Waals surface area contributed by atoms with Gasteiger partial charge in [0.05, 0.1) is 36.5 Å². The molecule has 1 aliphatic rings. The molecular formula is C17H16F3N3O4S. The highest BCUT2D eigenvalue weighted by molar-refractivity contribution is 7.11. The van der Waals surface area contributed by atoms with Gasteiger partial charge in [-0.3, -0.25) is 14.6 Å². The topological polar surface area (TPSA) is 89.5 Å². The fraction of sp³-hybridized carbons (Fsp3) is 0.353. The van der Waals surface area contributed by atoms with Crippen molar-refractivity contribution >= 4 is 28.8 Å². The van der Waals surface area contributed by atoms with E-state index in [1.807, 2.05) is 0 Å². The first kappa shape index (κ1) is 20.2. The highest BCUT2D eigenvalue weighted by Crippen LogP contribution is 2.32. The second kappa shape index (κ2) is 8.25. The monoisotopic (exact) mass is 415 g/mol. The minimum atomic E-state index is -4.69. The molecule has 0 saturated carbocycles. The second-order valence-electron chi connectivity index (χ2n) is 6.01. The normalized spacial score (nSPS) is 19.4. The van der Waals surface area contributed by atoms with Crippen LogP contribution < -0.4 is 10.6 Å². The summed E-state index contributed by atoms with van der Waals surface area (Å²) in [5.41, 5.74) is -0.0123. The van der Waals surface area contributed by atoms with E-state index >= 15 is 0 Å². The van der Waals surface area contributed by atoms with Gasteiger partial charge in [-0.15, -0.1) is 11.3 Å². The molecule has 1 fully saturated rings. The Morgan fingerprint density at radius 3 is 2.68 bits per heavy atom. The van der Waals surface area contributed by atoms with Crippen molar-refractivity contribution in [1.29, 1.82) is 0 Å². The van der Waals surface area contributed by atoms with Gasteiger partial charge in [-0.05, 0) is 18.2 Å². The number of nitrogens with one attached hydrogen (secondary N) is 2. The molecule has 1 aromatic carbocycles. The molecule has 1 aromatic heterocycles. The van der Waals surface area contributed by atoms with Gasteiger partial charge in [0.15, 0.2) is 0 Å². The number of thiazole rings is 1. The minimum Gasteiger partial charge on any atom is -0.377 e. The number of aromatic nitrogens is 1. The van der Waals surface area contributed by atoms with Gasteiger partial charge >= 0.3 is 6.18 Å². The first-order chi connectivity index (χ1) is 13.3. The third-order valence-corrected chi connectivity index (χ3v) is 4.86.